The van der Waals surface area contributed by atoms with Gasteiger partial charge in [0.1, 0.15) is 0 Å². The summed E-state index contributed by atoms with van der Waals surface area (Å²) in [4.78, 5) is 5.37. The summed E-state index contributed by atoms with van der Waals surface area (Å²) in [6, 6.07) is 1.94. The van der Waals surface area contributed by atoms with Crippen molar-refractivity contribution in [2.75, 3.05) is 26.7 Å². The van der Waals surface area contributed by atoms with E-state index in [0.29, 0.717) is 0 Å². The van der Waals surface area contributed by atoms with Crippen molar-refractivity contribution >= 4 is 11.6 Å². The van der Waals surface area contributed by atoms with Crippen LogP contribution in [0.2, 0.25) is 5.02 Å². The van der Waals surface area contributed by atoms with Crippen LogP contribution in [0.25, 0.3) is 0 Å². The fourth-order valence-electron chi connectivity index (χ4n) is 1.16. The van der Waals surface area contributed by atoms with Crippen molar-refractivity contribution in [2.45, 2.75) is 13.5 Å². The monoisotopic (exact) mass is 215 g/mol. The van der Waals surface area contributed by atoms with E-state index in [2.05, 4.69) is 29.2 Å². The van der Waals surface area contributed by atoms with Gasteiger partial charge in [-0.1, -0.05) is 18.5 Å². The van der Waals surface area contributed by atoms with E-state index in [-0.39, 0.29) is 0 Å². The number of rotatable bonds is 6. The Morgan fingerprint density at radius 2 is 2.36 bits per heavy atom. The molecule has 0 atom stereocenters. The molecule has 0 saturated heterocycles. The molecule has 0 bridgehead atoms. The predicted molar refractivity (Wildman–Crippen MR) is 60.7 cm³/mol. The van der Waals surface area contributed by atoms with Crippen LogP contribution in [-0.2, 0) is 6.54 Å². The van der Waals surface area contributed by atoms with Crippen molar-refractivity contribution in [3.05, 3.63) is 23.0 Å². The second-order valence-electron chi connectivity index (χ2n) is 3.42. The number of aromatic nitrogens is 1. The maximum absolute atomic E-state index is 5.78. The van der Waals surface area contributed by atoms with E-state index < -0.39 is 0 Å². The Balaban J connectivity index is 2.10. The molecule has 0 spiro atoms. The summed E-state index contributed by atoms with van der Waals surface area (Å²) in [5, 5.41) is 4.12. The molecule has 0 fully saturated rings. The standard InChI is InChI=1S/C10H18ClN3/c1-3-14(2)5-4-12-8-10-6-9(11)7-13-10/h6-7,12-13H,3-5,8H2,1-2H3. The van der Waals surface area contributed by atoms with Gasteiger partial charge in [-0.3, -0.25) is 0 Å². The molecule has 0 aromatic carbocycles. The smallest absolute Gasteiger partial charge is 0.0583 e. The van der Waals surface area contributed by atoms with Crippen LogP contribution in [0.3, 0.4) is 0 Å². The molecule has 0 unspecified atom stereocenters. The molecule has 0 aliphatic rings. The number of nitrogens with zero attached hydrogens (tertiary/aromatic N) is 1. The molecule has 14 heavy (non-hydrogen) atoms. The van der Waals surface area contributed by atoms with Gasteiger partial charge in [0.25, 0.3) is 0 Å². The summed E-state index contributed by atoms with van der Waals surface area (Å²) < 4.78 is 0. The van der Waals surface area contributed by atoms with Gasteiger partial charge in [0.05, 0.1) is 5.02 Å². The molecule has 3 nitrogen and oxygen atoms in total. The largest absolute Gasteiger partial charge is 0.363 e. The summed E-state index contributed by atoms with van der Waals surface area (Å²) in [6.45, 7) is 6.18. The lowest BCUT2D eigenvalue weighted by atomic mass is 10.4. The Labute approximate surface area is 90.4 Å². The van der Waals surface area contributed by atoms with Crippen LogP contribution in [0.1, 0.15) is 12.6 Å². The van der Waals surface area contributed by atoms with Gasteiger partial charge in [-0.25, -0.2) is 0 Å². The van der Waals surface area contributed by atoms with Crippen LogP contribution in [-0.4, -0.2) is 36.6 Å². The van der Waals surface area contributed by atoms with Gasteiger partial charge in [0.2, 0.25) is 0 Å². The molecule has 80 valence electrons. The van der Waals surface area contributed by atoms with Gasteiger partial charge in [0.15, 0.2) is 0 Å². The highest BCUT2D eigenvalue weighted by atomic mass is 35.5. The predicted octanol–water partition coefficient (Wildman–Crippen LogP) is 1.71. The Hall–Kier alpha value is -0.510. The number of nitrogens with one attached hydrogen (secondary N) is 2. The summed E-state index contributed by atoms with van der Waals surface area (Å²) in [6.07, 6.45) is 1.80. The molecule has 0 saturated carbocycles. The molecule has 1 rings (SSSR count). The van der Waals surface area contributed by atoms with Crippen molar-refractivity contribution in [1.82, 2.24) is 15.2 Å². The maximum Gasteiger partial charge on any atom is 0.0583 e. The zero-order valence-corrected chi connectivity index (χ0v) is 9.56. The number of aromatic amines is 1. The first kappa shape index (κ1) is 11.6. The van der Waals surface area contributed by atoms with Gasteiger partial charge in [-0.05, 0) is 19.7 Å². The van der Waals surface area contributed by atoms with E-state index in [9.17, 15) is 0 Å². The Kier molecular flexibility index (Phi) is 5.01. The number of hydrogen-bond acceptors (Lipinski definition) is 2. The maximum atomic E-state index is 5.78. The highest BCUT2D eigenvalue weighted by Gasteiger charge is 1.97. The van der Waals surface area contributed by atoms with E-state index in [0.717, 1.165) is 36.9 Å². The molecular formula is C10H18ClN3. The van der Waals surface area contributed by atoms with Crippen LogP contribution in [0, 0.1) is 0 Å². The van der Waals surface area contributed by atoms with Gasteiger partial charge in [0, 0.05) is 31.5 Å². The minimum Gasteiger partial charge on any atom is -0.363 e. The lowest BCUT2D eigenvalue weighted by Crippen LogP contribution is -2.28. The topological polar surface area (TPSA) is 31.1 Å². The van der Waals surface area contributed by atoms with E-state index in [1.54, 1.807) is 6.20 Å². The first-order chi connectivity index (χ1) is 6.72. The molecule has 1 heterocycles. The SMILES string of the molecule is CCN(C)CCNCc1cc(Cl)c[nH]1. The first-order valence-electron chi connectivity index (χ1n) is 4.94. The Morgan fingerprint density at radius 3 is 2.93 bits per heavy atom. The summed E-state index contributed by atoms with van der Waals surface area (Å²) >= 11 is 5.78. The van der Waals surface area contributed by atoms with Crippen LogP contribution in [0.4, 0.5) is 0 Å². The van der Waals surface area contributed by atoms with Crippen LogP contribution < -0.4 is 5.32 Å². The van der Waals surface area contributed by atoms with Crippen LogP contribution in [0.15, 0.2) is 12.3 Å². The summed E-state index contributed by atoms with van der Waals surface area (Å²) in [7, 11) is 2.12. The van der Waals surface area contributed by atoms with Crippen LogP contribution in [0.5, 0.6) is 0 Å². The highest BCUT2D eigenvalue weighted by molar-refractivity contribution is 6.30. The van der Waals surface area contributed by atoms with E-state index in [4.69, 9.17) is 11.6 Å². The van der Waals surface area contributed by atoms with Crippen molar-refractivity contribution in [2.24, 2.45) is 0 Å². The molecule has 1 aromatic heterocycles. The normalized spacial score (nSPS) is 11.1. The Bertz CT molecular complexity index is 260. The molecule has 0 aliphatic carbocycles. The quantitative estimate of drug-likeness (QED) is 0.708. The molecule has 0 aliphatic heterocycles. The molecule has 1 aromatic rings. The molecule has 0 amide bonds. The van der Waals surface area contributed by atoms with Gasteiger partial charge >= 0.3 is 0 Å². The second-order valence-corrected chi connectivity index (χ2v) is 3.85. The van der Waals surface area contributed by atoms with Gasteiger partial charge in [-0.15, -0.1) is 0 Å². The Morgan fingerprint density at radius 1 is 1.57 bits per heavy atom. The molecule has 0 radical (unpaired) electrons. The molecular weight excluding hydrogens is 198 g/mol. The third-order valence-electron chi connectivity index (χ3n) is 2.23. The van der Waals surface area contributed by atoms with Gasteiger partial charge < -0.3 is 15.2 Å². The minimum atomic E-state index is 0.771. The number of likely N-dealkylation sites (N-methyl/N-ethyl adjacent to an activating group) is 1. The van der Waals surface area contributed by atoms with E-state index in [1.165, 1.54) is 0 Å². The van der Waals surface area contributed by atoms with E-state index in [1.807, 2.05) is 6.07 Å². The van der Waals surface area contributed by atoms with Crippen molar-refractivity contribution < 1.29 is 0 Å². The summed E-state index contributed by atoms with van der Waals surface area (Å²) in [5.41, 5.74) is 1.13. The fraction of sp³-hybridized carbons (Fsp3) is 0.600. The number of hydrogen-bond donors (Lipinski definition) is 2. The lowest BCUT2D eigenvalue weighted by molar-refractivity contribution is 0.348. The third-order valence-corrected chi connectivity index (χ3v) is 2.45. The minimum absolute atomic E-state index is 0.771. The lowest BCUT2D eigenvalue weighted by Gasteiger charge is -2.13. The molecule has 4 heteroatoms. The zero-order valence-electron chi connectivity index (χ0n) is 8.81. The zero-order chi connectivity index (χ0) is 10.4. The average molecular weight is 216 g/mol. The first-order valence-corrected chi connectivity index (χ1v) is 5.32. The second kappa shape index (κ2) is 6.06. The van der Waals surface area contributed by atoms with Crippen LogP contribution >= 0.6 is 11.6 Å². The van der Waals surface area contributed by atoms with Crippen molar-refractivity contribution in [3.8, 4) is 0 Å². The number of H-pyrrole nitrogens is 1. The highest BCUT2D eigenvalue weighted by Crippen LogP contribution is 2.08. The van der Waals surface area contributed by atoms with Crippen molar-refractivity contribution in [1.29, 1.82) is 0 Å². The van der Waals surface area contributed by atoms with Crippen molar-refractivity contribution in [3.63, 3.8) is 0 Å². The summed E-state index contributed by atoms with van der Waals surface area (Å²) in [5.74, 6) is 0. The third kappa shape index (κ3) is 4.13. The fourth-order valence-corrected chi connectivity index (χ4v) is 1.35. The average Bonchev–Trinajstić information content (AvgIpc) is 2.58. The number of halogens is 1. The van der Waals surface area contributed by atoms with E-state index >= 15 is 0 Å². The molecule has 2 N–H and O–H groups in total. The van der Waals surface area contributed by atoms with Gasteiger partial charge in [-0.2, -0.15) is 0 Å².